The molecule has 0 aliphatic rings. The van der Waals surface area contributed by atoms with Gasteiger partial charge < -0.3 is 19.6 Å². The maximum Gasteiger partial charge on any atom is 0.469 e. The molecule has 0 aromatic carbocycles. The van der Waals surface area contributed by atoms with Crippen LogP contribution in [0.25, 0.3) is 0 Å². The van der Waals surface area contributed by atoms with Gasteiger partial charge in [-0.1, -0.05) is 60.8 Å². The summed E-state index contributed by atoms with van der Waals surface area (Å²) in [6.07, 6.45) is 26.5. The van der Waals surface area contributed by atoms with Crippen LogP contribution in [0.5, 0.6) is 0 Å². The first-order valence-corrected chi connectivity index (χ1v) is 12.9. The van der Waals surface area contributed by atoms with Crippen LogP contribution in [0, 0.1) is 0 Å². The molecule has 10 heteroatoms. The molecule has 8 nitrogen and oxygen atoms in total. The maximum absolute atomic E-state index is 10.5. The molecule has 0 bridgehead atoms. The van der Waals surface area contributed by atoms with Gasteiger partial charge in [0.05, 0.1) is 13.2 Å². The average molecular weight is 464 g/mol. The number of phosphoric acid groups is 2. The number of allylic oxidation sites excluding steroid dienone is 9. The van der Waals surface area contributed by atoms with E-state index in [1.807, 2.05) is 24.3 Å². The molecule has 0 aliphatic heterocycles. The second-order valence-corrected chi connectivity index (χ2v) is 8.70. The van der Waals surface area contributed by atoms with Gasteiger partial charge in [0, 0.05) is 0 Å². The Labute approximate surface area is 179 Å². The smallest absolute Gasteiger partial charge is 0.303 e. The van der Waals surface area contributed by atoms with Crippen molar-refractivity contribution in [1.29, 1.82) is 0 Å². The van der Waals surface area contributed by atoms with Crippen molar-refractivity contribution in [2.24, 2.45) is 0 Å². The summed E-state index contributed by atoms with van der Waals surface area (Å²) in [5.41, 5.74) is 0. The van der Waals surface area contributed by atoms with Gasteiger partial charge >= 0.3 is 15.6 Å². The molecule has 0 rings (SSSR count). The summed E-state index contributed by atoms with van der Waals surface area (Å²) in [4.78, 5) is 34.1. The minimum absolute atomic E-state index is 0.00821. The molecule has 172 valence electrons. The highest BCUT2D eigenvalue weighted by Crippen LogP contribution is 2.36. The van der Waals surface area contributed by atoms with Crippen LogP contribution in [0.15, 0.2) is 60.8 Å². The van der Waals surface area contributed by atoms with Crippen molar-refractivity contribution < 1.29 is 37.8 Å². The van der Waals surface area contributed by atoms with Crippen LogP contribution in [0.3, 0.4) is 0 Å². The summed E-state index contributed by atoms with van der Waals surface area (Å²) in [5.74, 6) is 0. The zero-order valence-electron chi connectivity index (χ0n) is 17.2. The van der Waals surface area contributed by atoms with Crippen LogP contribution < -0.4 is 0 Å². The Bertz CT molecular complexity index is 656. The normalized spacial score (nSPS) is 13.9. The van der Waals surface area contributed by atoms with Gasteiger partial charge in [0.2, 0.25) is 0 Å². The highest BCUT2D eigenvalue weighted by atomic mass is 31.2. The van der Waals surface area contributed by atoms with Crippen molar-refractivity contribution in [2.45, 2.75) is 51.4 Å². The second-order valence-electron chi connectivity index (χ2n) is 6.22. The molecule has 4 N–H and O–H groups in total. The lowest BCUT2D eigenvalue weighted by Crippen LogP contribution is -1.90. The molecule has 0 atom stereocenters. The highest BCUT2D eigenvalue weighted by Gasteiger charge is 2.12. The molecule has 0 heterocycles. The van der Waals surface area contributed by atoms with Gasteiger partial charge in [0.15, 0.2) is 0 Å². The largest absolute Gasteiger partial charge is 0.469 e. The van der Waals surface area contributed by atoms with Crippen LogP contribution >= 0.6 is 15.6 Å². The Kier molecular flexibility index (Phi) is 18.0. The summed E-state index contributed by atoms with van der Waals surface area (Å²) >= 11 is 0. The van der Waals surface area contributed by atoms with Crippen LogP contribution in [0.2, 0.25) is 0 Å². The maximum atomic E-state index is 10.5. The fourth-order valence-electron chi connectivity index (χ4n) is 2.10. The molecule has 0 aliphatic carbocycles. The van der Waals surface area contributed by atoms with E-state index in [1.54, 1.807) is 0 Å². The van der Waals surface area contributed by atoms with Gasteiger partial charge in [-0.3, -0.25) is 9.05 Å². The summed E-state index contributed by atoms with van der Waals surface area (Å²) in [6, 6.07) is 0. The van der Waals surface area contributed by atoms with Gasteiger partial charge in [-0.2, -0.15) is 0 Å². The monoisotopic (exact) mass is 464 g/mol. The second kappa shape index (κ2) is 18.7. The molecule has 0 aromatic rings. The van der Waals surface area contributed by atoms with Crippen LogP contribution in [0.1, 0.15) is 51.4 Å². The SMILES string of the molecule is O=P(O)(O)OCC/C=C/C/C=C/C/C=C/C/C=C/CC/C=C/CCCOP(=O)(O)O. The van der Waals surface area contributed by atoms with Gasteiger partial charge in [-0.25, -0.2) is 9.13 Å². The number of hydrogen-bond donors (Lipinski definition) is 4. The Hall–Kier alpha value is -1.08. The summed E-state index contributed by atoms with van der Waals surface area (Å²) < 4.78 is 29.6. The summed E-state index contributed by atoms with van der Waals surface area (Å²) in [6.45, 7) is 0.0677. The van der Waals surface area contributed by atoms with Crippen molar-refractivity contribution in [3.05, 3.63) is 60.8 Å². The lowest BCUT2D eigenvalue weighted by atomic mass is 10.2. The van der Waals surface area contributed by atoms with E-state index in [0.29, 0.717) is 12.8 Å². The summed E-state index contributed by atoms with van der Waals surface area (Å²) in [7, 11) is -8.69. The third-order valence-corrected chi connectivity index (χ3v) is 4.51. The Morgan fingerprint density at radius 3 is 1.37 bits per heavy atom. The first-order valence-electron chi connectivity index (χ1n) is 9.86. The zero-order valence-corrected chi connectivity index (χ0v) is 18.9. The topological polar surface area (TPSA) is 134 Å². The van der Waals surface area contributed by atoms with E-state index in [0.717, 1.165) is 38.5 Å². The molecule has 0 saturated heterocycles. The first kappa shape index (κ1) is 28.9. The minimum Gasteiger partial charge on any atom is -0.303 e. The van der Waals surface area contributed by atoms with E-state index < -0.39 is 15.6 Å². The van der Waals surface area contributed by atoms with E-state index in [1.165, 1.54) is 0 Å². The minimum atomic E-state index is -4.35. The molecule has 0 aromatic heterocycles. The van der Waals surface area contributed by atoms with Crippen molar-refractivity contribution in [2.75, 3.05) is 13.2 Å². The zero-order chi connectivity index (χ0) is 22.6. The van der Waals surface area contributed by atoms with E-state index >= 15 is 0 Å². The molecular formula is C20H34O8P2. The molecule has 0 unspecified atom stereocenters. The molecular weight excluding hydrogens is 430 g/mol. The molecule has 30 heavy (non-hydrogen) atoms. The molecule has 0 amide bonds. The molecule has 0 radical (unpaired) electrons. The van der Waals surface area contributed by atoms with E-state index in [4.69, 9.17) is 19.6 Å². The van der Waals surface area contributed by atoms with Gasteiger partial charge in [0.25, 0.3) is 0 Å². The quantitative estimate of drug-likeness (QED) is 0.125. The fourth-order valence-corrected chi connectivity index (χ4v) is 2.81. The van der Waals surface area contributed by atoms with Crippen molar-refractivity contribution in [3.8, 4) is 0 Å². The molecule has 0 saturated carbocycles. The Morgan fingerprint density at radius 2 is 0.867 bits per heavy atom. The first-order chi connectivity index (χ1) is 14.2. The van der Waals surface area contributed by atoms with Crippen LogP contribution in [-0.4, -0.2) is 32.8 Å². The Balaban J connectivity index is 3.51. The lowest BCUT2D eigenvalue weighted by Gasteiger charge is -2.02. The third kappa shape index (κ3) is 26.9. The number of unbranched alkanes of at least 4 members (excludes halogenated alkanes) is 2. The average Bonchev–Trinajstić information content (AvgIpc) is 2.64. The van der Waals surface area contributed by atoms with E-state index in [9.17, 15) is 9.13 Å². The lowest BCUT2D eigenvalue weighted by molar-refractivity contribution is 0.195. The van der Waals surface area contributed by atoms with Crippen LogP contribution in [0.4, 0.5) is 0 Å². The van der Waals surface area contributed by atoms with Crippen molar-refractivity contribution in [1.82, 2.24) is 0 Å². The predicted octanol–water partition coefficient (Wildman–Crippen LogP) is 5.11. The number of phosphoric ester groups is 2. The third-order valence-electron chi connectivity index (χ3n) is 3.47. The van der Waals surface area contributed by atoms with Crippen molar-refractivity contribution >= 4 is 15.6 Å². The Morgan fingerprint density at radius 1 is 0.500 bits per heavy atom. The summed E-state index contributed by atoms with van der Waals surface area (Å²) in [5, 5.41) is 0. The van der Waals surface area contributed by atoms with Crippen molar-refractivity contribution in [3.63, 3.8) is 0 Å². The highest BCUT2D eigenvalue weighted by molar-refractivity contribution is 7.46. The fraction of sp³-hybridized carbons (Fsp3) is 0.500. The van der Waals surface area contributed by atoms with E-state index in [2.05, 4.69) is 45.5 Å². The number of rotatable bonds is 18. The molecule has 0 spiro atoms. The number of hydrogen-bond acceptors (Lipinski definition) is 4. The standard InChI is InChI=1S/C20H34O8P2/c21-29(22,23)27-19-17-15-13-11-9-7-5-3-1-2-4-6-8-10-12-14-16-18-20-28-30(24,25)26/h1,3-4,6-7,9,12-15H,2,5,8,10-11,16-20H2,(H2,21,22,23)(H2,24,25,26)/b3-1+,6-4+,9-7+,14-12+,15-13+. The van der Waals surface area contributed by atoms with Crippen LogP contribution in [-0.2, 0) is 18.2 Å². The molecule has 0 fully saturated rings. The van der Waals surface area contributed by atoms with Gasteiger partial charge in [-0.15, -0.1) is 0 Å². The van der Waals surface area contributed by atoms with E-state index in [-0.39, 0.29) is 13.2 Å². The van der Waals surface area contributed by atoms with Gasteiger partial charge in [-0.05, 0) is 51.4 Å². The predicted molar refractivity (Wildman–Crippen MR) is 119 cm³/mol. The van der Waals surface area contributed by atoms with Gasteiger partial charge in [0.1, 0.15) is 0 Å².